The van der Waals surface area contributed by atoms with Gasteiger partial charge in [0.2, 0.25) is 5.91 Å². The molecular weight excluding hydrogens is 214 g/mol. The number of rotatable bonds is 6. The van der Waals surface area contributed by atoms with Crippen LogP contribution in [0.4, 0.5) is 0 Å². The Kier molecular flexibility index (Phi) is 6.52. The third-order valence-corrected chi connectivity index (χ3v) is 3.60. The smallest absolute Gasteiger partial charge is 0.234 e. The van der Waals surface area contributed by atoms with E-state index in [2.05, 4.69) is 24.1 Å². The summed E-state index contributed by atoms with van der Waals surface area (Å²) >= 11 is 0. The van der Waals surface area contributed by atoms with Crippen molar-refractivity contribution in [1.29, 1.82) is 0 Å². The largest absolute Gasteiger partial charge is 0.355 e. The van der Waals surface area contributed by atoms with Gasteiger partial charge in [-0.25, -0.2) is 0 Å². The van der Waals surface area contributed by atoms with Crippen LogP contribution in [0.2, 0.25) is 0 Å². The van der Waals surface area contributed by atoms with Gasteiger partial charge < -0.3 is 11.1 Å². The first kappa shape index (κ1) is 14.5. The van der Waals surface area contributed by atoms with Crippen molar-refractivity contribution in [3.63, 3.8) is 0 Å². The monoisotopic (exact) mass is 241 g/mol. The molecule has 1 heterocycles. The number of hydrogen-bond donors (Lipinski definition) is 2. The molecule has 1 rings (SSSR count). The average Bonchev–Trinajstić information content (AvgIpc) is 2.30. The zero-order valence-corrected chi connectivity index (χ0v) is 11.2. The Morgan fingerprint density at radius 1 is 1.47 bits per heavy atom. The van der Waals surface area contributed by atoms with Gasteiger partial charge in [0.25, 0.3) is 0 Å². The predicted molar refractivity (Wildman–Crippen MR) is 70.7 cm³/mol. The molecular formula is C13H27N3O. The van der Waals surface area contributed by atoms with Crippen molar-refractivity contribution in [2.75, 3.05) is 26.2 Å². The third kappa shape index (κ3) is 5.50. The molecule has 0 aromatic rings. The fourth-order valence-corrected chi connectivity index (χ4v) is 2.30. The van der Waals surface area contributed by atoms with E-state index in [0.29, 0.717) is 12.5 Å². The highest BCUT2D eigenvalue weighted by Gasteiger charge is 2.22. The quantitative estimate of drug-likeness (QED) is 0.681. The Labute approximate surface area is 105 Å². The molecule has 0 saturated carbocycles. The van der Waals surface area contributed by atoms with Gasteiger partial charge in [0.1, 0.15) is 0 Å². The number of piperidine rings is 1. The van der Waals surface area contributed by atoms with Crippen LogP contribution in [0.1, 0.15) is 39.5 Å². The highest BCUT2D eigenvalue weighted by Crippen LogP contribution is 2.18. The molecule has 1 aliphatic rings. The lowest BCUT2D eigenvalue weighted by Gasteiger charge is -2.33. The molecule has 0 radical (unpaired) electrons. The Hall–Kier alpha value is -0.610. The van der Waals surface area contributed by atoms with E-state index in [1.807, 2.05) is 0 Å². The lowest BCUT2D eigenvalue weighted by molar-refractivity contribution is -0.122. The molecule has 1 saturated heterocycles. The average molecular weight is 241 g/mol. The molecule has 100 valence electrons. The van der Waals surface area contributed by atoms with Gasteiger partial charge in [-0.1, -0.05) is 13.3 Å². The van der Waals surface area contributed by atoms with Crippen LogP contribution in [0.25, 0.3) is 0 Å². The molecule has 1 amide bonds. The first-order valence-corrected chi connectivity index (χ1v) is 6.88. The minimum absolute atomic E-state index is 0.165. The molecule has 1 unspecified atom stereocenters. The van der Waals surface area contributed by atoms with Crippen molar-refractivity contribution in [2.24, 2.45) is 11.7 Å². The second-order valence-electron chi connectivity index (χ2n) is 5.18. The number of carbonyl (C=O) groups is 1. The van der Waals surface area contributed by atoms with Gasteiger partial charge in [0.15, 0.2) is 0 Å². The Morgan fingerprint density at radius 3 is 2.65 bits per heavy atom. The minimum atomic E-state index is 0.165. The predicted octanol–water partition coefficient (Wildman–Crippen LogP) is 0.962. The minimum Gasteiger partial charge on any atom is -0.355 e. The van der Waals surface area contributed by atoms with Crippen LogP contribution in [-0.2, 0) is 4.79 Å². The van der Waals surface area contributed by atoms with Crippen molar-refractivity contribution in [3.8, 4) is 0 Å². The summed E-state index contributed by atoms with van der Waals surface area (Å²) in [5.74, 6) is 0.798. The number of hydrogen-bond acceptors (Lipinski definition) is 3. The van der Waals surface area contributed by atoms with Crippen molar-refractivity contribution in [2.45, 2.75) is 45.6 Å². The number of likely N-dealkylation sites (tertiary alicyclic amines) is 1. The lowest BCUT2D eigenvalue weighted by Crippen LogP contribution is -2.44. The summed E-state index contributed by atoms with van der Waals surface area (Å²) in [7, 11) is 0. The van der Waals surface area contributed by atoms with Gasteiger partial charge in [0.05, 0.1) is 6.54 Å². The number of nitrogens with one attached hydrogen (secondary N) is 1. The zero-order chi connectivity index (χ0) is 12.7. The number of unbranched alkanes of at least 4 members (excludes halogenated alkanes) is 1. The van der Waals surface area contributed by atoms with Crippen LogP contribution in [0.5, 0.6) is 0 Å². The number of nitrogens with two attached hydrogens (primary N) is 1. The van der Waals surface area contributed by atoms with Gasteiger partial charge in [-0.2, -0.15) is 0 Å². The van der Waals surface area contributed by atoms with Crippen LogP contribution < -0.4 is 11.1 Å². The molecule has 4 nitrogen and oxygen atoms in total. The fourth-order valence-electron chi connectivity index (χ4n) is 2.30. The number of amides is 1. The zero-order valence-electron chi connectivity index (χ0n) is 11.2. The second-order valence-corrected chi connectivity index (χ2v) is 5.18. The third-order valence-electron chi connectivity index (χ3n) is 3.60. The lowest BCUT2D eigenvalue weighted by atomic mass is 9.91. The van der Waals surface area contributed by atoms with Gasteiger partial charge in [-0.05, 0) is 45.2 Å². The number of carbonyl (C=O) groups excluding carboxylic acids is 1. The van der Waals surface area contributed by atoms with E-state index < -0.39 is 0 Å². The van der Waals surface area contributed by atoms with E-state index >= 15 is 0 Å². The topological polar surface area (TPSA) is 58.4 Å². The summed E-state index contributed by atoms with van der Waals surface area (Å²) in [5, 5.41) is 2.96. The standard InChI is InChI=1S/C13H27N3O/c1-3-4-7-15-13(17)10-16-8-5-12(6-9-16)11(2)14/h11-12H,3-10,14H2,1-2H3,(H,15,17). The summed E-state index contributed by atoms with van der Waals surface area (Å²) in [6.45, 7) is 7.59. The van der Waals surface area contributed by atoms with Crippen molar-refractivity contribution < 1.29 is 4.79 Å². The maximum atomic E-state index is 11.6. The van der Waals surface area contributed by atoms with E-state index in [1.165, 1.54) is 0 Å². The summed E-state index contributed by atoms with van der Waals surface area (Å²) in [6, 6.07) is 0.288. The Bertz CT molecular complexity index is 223. The molecule has 0 spiro atoms. The van der Waals surface area contributed by atoms with Gasteiger partial charge >= 0.3 is 0 Å². The van der Waals surface area contributed by atoms with Crippen LogP contribution in [0.3, 0.4) is 0 Å². The van der Waals surface area contributed by atoms with Gasteiger partial charge in [0, 0.05) is 12.6 Å². The van der Waals surface area contributed by atoms with E-state index in [4.69, 9.17) is 5.73 Å². The summed E-state index contributed by atoms with van der Waals surface area (Å²) in [6.07, 6.45) is 4.44. The number of nitrogens with zero attached hydrogens (tertiary/aromatic N) is 1. The van der Waals surface area contributed by atoms with Crippen LogP contribution in [0, 0.1) is 5.92 Å². The van der Waals surface area contributed by atoms with Crippen molar-refractivity contribution in [3.05, 3.63) is 0 Å². The molecule has 1 fully saturated rings. The van der Waals surface area contributed by atoms with Crippen LogP contribution >= 0.6 is 0 Å². The van der Waals surface area contributed by atoms with E-state index in [-0.39, 0.29) is 11.9 Å². The first-order chi connectivity index (χ1) is 8.13. The van der Waals surface area contributed by atoms with E-state index in [0.717, 1.165) is 45.3 Å². The normalized spacial score (nSPS) is 20.2. The summed E-state index contributed by atoms with van der Waals surface area (Å²) in [4.78, 5) is 13.9. The van der Waals surface area contributed by atoms with Crippen LogP contribution in [-0.4, -0.2) is 43.0 Å². The molecule has 1 aliphatic heterocycles. The van der Waals surface area contributed by atoms with Crippen LogP contribution in [0.15, 0.2) is 0 Å². The first-order valence-electron chi connectivity index (χ1n) is 6.88. The molecule has 3 N–H and O–H groups in total. The Morgan fingerprint density at radius 2 is 2.12 bits per heavy atom. The molecule has 1 atom stereocenters. The fraction of sp³-hybridized carbons (Fsp3) is 0.923. The molecule has 17 heavy (non-hydrogen) atoms. The molecule has 0 aliphatic carbocycles. The SMILES string of the molecule is CCCCNC(=O)CN1CCC(C(C)N)CC1. The highest BCUT2D eigenvalue weighted by atomic mass is 16.2. The summed E-state index contributed by atoms with van der Waals surface area (Å²) < 4.78 is 0. The highest BCUT2D eigenvalue weighted by molar-refractivity contribution is 5.77. The van der Waals surface area contributed by atoms with E-state index in [1.54, 1.807) is 0 Å². The molecule has 0 bridgehead atoms. The van der Waals surface area contributed by atoms with Gasteiger partial charge in [-0.3, -0.25) is 9.69 Å². The second kappa shape index (κ2) is 7.67. The van der Waals surface area contributed by atoms with Gasteiger partial charge in [-0.15, -0.1) is 0 Å². The molecule has 0 aromatic heterocycles. The molecule has 0 aromatic carbocycles. The summed E-state index contributed by atoms with van der Waals surface area (Å²) in [5.41, 5.74) is 5.90. The maximum absolute atomic E-state index is 11.6. The maximum Gasteiger partial charge on any atom is 0.234 e. The molecule has 4 heteroatoms. The Balaban J connectivity index is 2.15. The van der Waals surface area contributed by atoms with Crippen molar-refractivity contribution >= 4 is 5.91 Å². The van der Waals surface area contributed by atoms with Crippen molar-refractivity contribution in [1.82, 2.24) is 10.2 Å². The van der Waals surface area contributed by atoms with E-state index in [9.17, 15) is 4.79 Å².